The number of benzene rings is 2. The van der Waals surface area contributed by atoms with E-state index in [1.54, 1.807) is 0 Å². The number of hydrogen-bond donors (Lipinski definition) is 0. The molecule has 0 aliphatic carbocycles. The number of ketones is 1. The number of Topliss-reactive ketones (excluding diaryl/α,β-unsaturated/α-hetero) is 1. The van der Waals surface area contributed by atoms with Crippen molar-refractivity contribution in [1.82, 2.24) is 0 Å². The number of hydrogen-bond acceptors (Lipinski definition) is 6. The highest BCUT2D eigenvalue weighted by molar-refractivity contribution is 5.90. The van der Waals surface area contributed by atoms with Crippen molar-refractivity contribution in [3.8, 4) is 0 Å². The first-order valence-electron chi connectivity index (χ1n) is 14.8. The molecule has 0 aliphatic rings. The van der Waals surface area contributed by atoms with E-state index in [9.17, 15) is 14.4 Å². The lowest BCUT2D eigenvalue weighted by atomic mass is 9.71. The van der Waals surface area contributed by atoms with Crippen LogP contribution in [0, 0.1) is 16.7 Å². The molecule has 0 aromatic heterocycles. The van der Waals surface area contributed by atoms with E-state index in [1.165, 1.54) is 0 Å². The van der Waals surface area contributed by atoms with Gasteiger partial charge in [0, 0.05) is 6.42 Å². The average Bonchev–Trinajstić information content (AvgIpc) is 2.89. The van der Waals surface area contributed by atoms with Crippen molar-refractivity contribution >= 4 is 18.0 Å². The lowest BCUT2D eigenvalue weighted by Gasteiger charge is -2.43. The SMILES string of the molecule is CC(C)(C)C.CC(C)(C)OC(C(=O)C(C)(C)C(C)(C)OCC(CCC=O)C(=O)OCc1ccccc1)c1ccccc1. The van der Waals surface area contributed by atoms with Gasteiger partial charge in [0.1, 0.15) is 19.0 Å². The Kier molecular flexibility index (Phi) is 14.3. The van der Waals surface area contributed by atoms with Crippen LogP contribution < -0.4 is 0 Å². The second-order valence-electron chi connectivity index (χ2n) is 14.4. The highest BCUT2D eigenvalue weighted by atomic mass is 16.5. The molecule has 42 heavy (non-hydrogen) atoms. The van der Waals surface area contributed by atoms with Gasteiger partial charge in [-0.1, -0.05) is 102 Å². The van der Waals surface area contributed by atoms with Crippen molar-refractivity contribution in [3.63, 3.8) is 0 Å². The molecule has 6 nitrogen and oxygen atoms in total. The normalized spacial score (nSPS) is 13.8. The number of carbonyl (C=O) groups excluding carboxylic acids is 3. The van der Waals surface area contributed by atoms with Crippen molar-refractivity contribution < 1.29 is 28.6 Å². The van der Waals surface area contributed by atoms with Crippen LogP contribution in [0.4, 0.5) is 0 Å². The molecule has 2 aromatic rings. The van der Waals surface area contributed by atoms with E-state index in [0.29, 0.717) is 11.8 Å². The van der Waals surface area contributed by atoms with Crippen LogP contribution in [0.5, 0.6) is 0 Å². The number of ether oxygens (including phenoxy) is 3. The molecular weight excluding hydrogens is 528 g/mol. The molecule has 6 heteroatoms. The summed E-state index contributed by atoms with van der Waals surface area (Å²) in [7, 11) is 0. The molecule has 0 spiro atoms. The van der Waals surface area contributed by atoms with Crippen LogP contribution >= 0.6 is 0 Å². The van der Waals surface area contributed by atoms with Crippen LogP contribution in [0.1, 0.15) is 106 Å². The van der Waals surface area contributed by atoms with Crippen molar-refractivity contribution in [3.05, 3.63) is 71.8 Å². The fourth-order valence-corrected chi connectivity index (χ4v) is 3.75. The van der Waals surface area contributed by atoms with Crippen LogP contribution in [-0.4, -0.2) is 35.8 Å². The van der Waals surface area contributed by atoms with Gasteiger partial charge in [-0.15, -0.1) is 0 Å². The van der Waals surface area contributed by atoms with Crippen molar-refractivity contribution in [2.24, 2.45) is 16.7 Å². The second-order valence-corrected chi connectivity index (χ2v) is 14.4. The molecule has 0 heterocycles. The molecule has 0 saturated heterocycles. The molecule has 2 rings (SSSR count). The third-order valence-corrected chi connectivity index (χ3v) is 6.77. The van der Waals surface area contributed by atoms with E-state index in [1.807, 2.05) is 109 Å². The summed E-state index contributed by atoms with van der Waals surface area (Å²) in [5.74, 6) is -1.17. The maximum Gasteiger partial charge on any atom is 0.311 e. The number of esters is 1. The fourth-order valence-electron chi connectivity index (χ4n) is 3.75. The Morgan fingerprint density at radius 1 is 0.786 bits per heavy atom. The van der Waals surface area contributed by atoms with Crippen LogP contribution in [0.25, 0.3) is 0 Å². The molecule has 0 radical (unpaired) electrons. The first kappa shape index (κ1) is 37.2. The predicted molar refractivity (Wildman–Crippen MR) is 169 cm³/mol. The summed E-state index contributed by atoms with van der Waals surface area (Å²) < 4.78 is 18.0. The predicted octanol–water partition coefficient (Wildman–Crippen LogP) is 8.32. The first-order valence-corrected chi connectivity index (χ1v) is 14.8. The highest BCUT2D eigenvalue weighted by Gasteiger charge is 2.48. The van der Waals surface area contributed by atoms with E-state index in [-0.39, 0.29) is 25.4 Å². The zero-order chi connectivity index (χ0) is 32.2. The number of carbonyl (C=O) groups is 3. The fraction of sp³-hybridized carbons (Fsp3) is 0.583. The van der Waals surface area contributed by atoms with Crippen LogP contribution in [0.3, 0.4) is 0 Å². The summed E-state index contributed by atoms with van der Waals surface area (Å²) in [6, 6.07) is 18.8. The van der Waals surface area contributed by atoms with Crippen molar-refractivity contribution in [2.75, 3.05) is 6.61 Å². The zero-order valence-corrected chi connectivity index (χ0v) is 27.8. The number of rotatable bonds is 14. The largest absolute Gasteiger partial charge is 0.461 e. The molecule has 0 bridgehead atoms. The minimum Gasteiger partial charge on any atom is -0.461 e. The second kappa shape index (κ2) is 16.1. The minimum atomic E-state index is -0.970. The van der Waals surface area contributed by atoms with Gasteiger partial charge in [0.2, 0.25) is 0 Å². The van der Waals surface area contributed by atoms with Gasteiger partial charge in [-0.05, 0) is 57.6 Å². The first-order chi connectivity index (χ1) is 19.3. The topological polar surface area (TPSA) is 78.9 Å². The van der Waals surface area contributed by atoms with E-state index in [0.717, 1.165) is 17.4 Å². The van der Waals surface area contributed by atoms with Crippen LogP contribution in [0.2, 0.25) is 0 Å². The van der Waals surface area contributed by atoms with E-state index < -0.39 is 34.6 Å². The zero-order valence-electron chi connectivity index (χ0n) is 27.8. The van der Waals surface area contributed by atoms with E-state index >= 15 is 0 Å². The minimum absolute atomic E-state index is 0.0291. The summed E-state index contributed by atoms with van der Waals surface area (Å²) in [5, 5.41) is 0. The van der Waals surface area contributed by atoms with Crippen LogP contribution in [-0.2, 0) is 35.2 Å². The van der Waals surface area contributed by atoms with Crippen LogP contribution in [0.15, 0.2) is 60.7 Å². The van der Waals surface area contributed by atoms with Gasteiger partial charge in [-0.25, -0.2) is 0 Å². The maximum absolute atomic E-state index is 14.0. The maximum atomic E-state index is 14.0. The van der Waals surface area contributed by atoms with Gasteiger partial charge < -0.3 is 19.0 Å². The molecule has 0 fully saturated rings. The Hall–Kier alpha value is -2.83. The molecule has 0 amide bonds. The van der Waals surface area contributed by atoms with Gasteiger partial charge in [0.25, 0.3) is 0 Å². The Labute approximate surface area is 254 Å². The lowest BCUT2D eigenvalue weighted by Crippen LogP contribution is -2.50. The third-order valence-electron chi connectivity index (χ3n) is 6.77. The van der Waals surface area contributed by atoms with Gasteiger partial charge in [0.15, 0.2) is 5.78 Å². The molecule has 234 valence electrons. The van der Waals surface area contributed by atoms with Gasteiger partial charge in [0.05, 0.1) is 29.1 Å². The molecule has 0 N–H and O–H groups in total. The van der Waals surface area contributed by atoms with E-state index in [4.69, 9.17) is 14.2 Å². The standard InChI is InChI=1S/C31H42O6.C5H12/c1-29(2,3)37-26(24-17-12-9-13-18-24)27(33)30(4,5)31(6,7)36-22-25(19-14-20-32)28(34)35-21-23-15-10-8-11-16-23;1-5(2,3)4/h8-13,15-18,20,25-26H,14,19,21-22H2,1-7H3;1-4H3. The quantitative estimate of drug-likeness (QED) is 0.165. The van der Waals surface area contributed by atoms with Crippen molar-refractivity contribution in [2.45, 2.75) is 113 Å². The molecule has 2 unspecified atom stereocenters. The van der Waals surface area contributed by atoms with E-state index in [2.05, 4.69) is 27.7 Å². The van der Waals surface area contributed by atoms with Gasteiger partial charge in [-0.3, -0.25) is 9.59 Å². The third kappa shape index (κ3) is 13.4. The summed E-state index contributed by atoms with van der Waals surface area (Å²) >= 11 is 0. The summed E-state index contributed by atoms with van der Waals surface area (Å²) in [6.45, 7) is 22.1. The van der Waals surface area contributed by atoms with Crippen molar-refractivity contribution in [1.29, 1.82) is 0 Å². The Morgan fingerprint density at radius 2 is 1.29 bits per heavy atom. The van der Waals surface area contributed by atoms with Gasteiger partial charge in [-0.2, -0.15) is 0 Å². The average molecular weight is 583 g/mol. The Morgan fingerprint density at radius 3 is 1.76 bits per heavy atom. The molecule has 2 aromatic carbocycles. The summed E-state index contributed by atoms with van der Waals surface area (Å²) in [4.78, 5) is 37.9. The monoisotopic (exact) mass is 582 g/mol. The summed E-state index contributed by atoms with van der Waals surface area (Å²) in [6.07, 6.45) is 0.527. The van der Waals surface area contributed by atoms with Gasteiger partial charge >= 0.3 is 5.97 Å². The summed E-state index contributed by atoms with van der Waals surface area (Å²) in [5.41, 5.74) is -0.303. The molecular formula is C36H54O6. The molecule has 0 aliphatic heterocycles. The number of aldehydes is 1. The lowest BCUT2D eigenvalue weighted by molar-refractivity contribution is -0.173. The Bertz CT molecular complexity index is 1090. The highest BCUT2D eigenvalue weighted by Crippen LogP contribution is 2.41. The Balaban J connectivity index is 0.00000162. The smallest absolute Gasteiger partial charge is 0.311 e. The molecule has 0 saturated carbocycles. The molecule has 2 atom stereocenters.